The van der Waals surface area contributed by atoms with Crippen molar-refractivity contribution in [1.82, 2.24) is 4.90 Å². The monoisotopic (exact) mass is 368 g/mol. The SMILES string of the molecule is O=C(CCCN1C(=O)c2ccccc2C1=O)OCc1ccc([N+](=O)[O-])cc1. The predicted octanol–water partition coefficient (Wildman–Crippen LogP) is 2.71. The van der Waals surface area contributed by atoms with E-state index in [2.05, 4.69) is 0 Å². The van der Waals surface area contributed by atoms with E-state index in [-0.39, 0.29) is 37.1 Å². The fourth-order valence-corrected chi connectivity index (χ4v) is 2.77. The van der Waals surface area contributed by atoms with Crippen LogP contribution in [0.25, 0.3) is 0 Å². The molecule has 0 spiro atoms. The number of nitrogens with zero attached hydrogens (tertiary/aromatic N) is 2. The summed E-state index contributed by atoms with van der Waals surface area (Å²) in [6.45, 7) is 0.142. The third kappa shape index (κ3) is 4.00. The first-order valence-electron chi connectivity index (χ1n) is 8.31. The maximum atomic E-state index is 12.2. The highest BCUT2D eigenvalue weighted by Crippen LogP contribution is 2.22. The van der Waals surface area contributed by atoms with Crippen molar-refractivity contribution in [2.75, 3.05) is 6.54 Å². The molecular weight excluding hydrogens is 352 g/mol. The number of benzene rings is 2. The summed E-state index contributed by atoms with van der Waals surface area (Å²) in [6, 6.07) is 12.3. The zero-order chi connectivity index (χ0) is 19.4. The Balaban J connectivity index is 1.44. The molecule has 0 saturated carbocycles. The van der Waals surface area contributed by atoms with Crippen LogP contribution in [0.4, 0.5) is 5.69 Å². The summed E-state index contributed by atoms with van der Waals surface area (Å²) in [5.41, 5.74) is 1.35. The van der Waals surface area contributed by atoms with E-state index in [4.69, 9.17) is 4.74 Å². The minimum absolute atomic E-state index is 0.00381. The molecule has 2 amide bonds. The van der Waals surface area contributed by atoms with Crippen LogP contribution in [-0.4, -0.2) is 34.2 Å². The first kappa shape index (κ1) is 18.2. The Labute approximate surface area is 154 Å². The van der Waals surface area contributed by atoms with Gasteiger partial charge < -0.3 is 4.74 Å². The number of non-ortho nitro benzene ring substituents is 1. The van der Waals surface area contributed by atoms with Crippen molar-refractivity contribution in [2.24, 2.45) is 0 Å². The number of imide groups is 1. The molecule has 2 aromatic carbocycles. The van der Waals surface area contributed by atoms with Gasteiger partial charge in [-0.25, -0.2) is 0 Å². The summed E-state index contributed by atoms with van der Waals surface area (Å²) in [5.74, 6) is -1.17. The summed E-state index contributed by atoms with van der Waals surface area (Å²) >= 11 is 0. The quantitative estimate of drug-likeness (QED) is 0.322. The van der Waals surface area contributed by atoms with Gasteiger partial charge in [-0.2, -0.15) is 0 Å². The molecule has 0 N–H and O–H groups in total. The molecule has 27 heavy (non-hydrogen) atoms. The summed E-state index contributed by atoms with van der Waals surface area (Å²) in [4.78, 5) is 47.5. The normalized spacial score (nSPS) is 12.8. The zero-order valence-corrected chi connectivity index (χ0v) is 14.3. The molecule has 3 rings (SSSR count). The van der Waals surface area contributed by atoms with Gasteiger partial charge in [0.05, 0.1) is 16.1 Å². The largest absolute Gasteiger partial charge is 0.461 e. The molecule has 0 atom stereocenters. The standard InChI is InChI=1S/C19H16N2O6/c22-17(27-12-13-7-9-14(10-8-13)21(25)26)6-3-11-20-18(23)15-4-1-2-5-16(15)19(20)24/h1-2,4-5,7-10H,3,6,11-12H2. The number of nitro groups is 1. The van der Waals surface area contributed by atoms with E-state index in [1.807, 2.05) is 0 Å². The molecule has 0 aromatic heterocycles. The van der Waals surface area contributed by atoms with Crippen molar-refractivity contribution in [3.05, 3.63) is 75.3 Å². The van der Waals surface area contributed by atoms with Crippen molar-refractivity contribution in [3.8, 4) is 0 Å². The molecule has 0 unspecified atom stereocenters. The number of nitro benzene ring substituents is 1. The second kappa shape index (κ2) is 7.77. The van der Waals surface area contributed by atoms with Crippen LogP contribution < -0.4 is 0 Å². The molecule has 8 nitrogen and oxygen atoms in total. The van der Waals surface area contributed by atoms with Crippen LogP contribution >= 0.6 is 0 Å². The maximum absolute atomic E-state index is 12.2. The average Bonchev–Trinajstić information content (AvgIpc) is 2.92. The van der Waals surface area contributed by atoms with Gasteiger partial charge in [0.15, 0.2) is 0 Å². The summed E-state index contributed by atoms with van der Waals surface area (Å²) in [6.07, 6.45) is 0.352. The summed E-state index contributed by atoms with van der Waals surface area (Å²) in [5, 5.41) is 10.6. The third-order valence-electron chi connectivity index (χ3n) is 4.19. The van der Waals surface area contributed by atoms with Gasteiger partial charge in [0.25, 0.3) is 17.5 Å². The van der Waals surface area contributed by atoms with Gasteiger partial charge in [-0.05, 0) is 36.2 Å². The van der Waals surface area contributed by atoms with E-state index in [0.717, 1.165) is 4.90 Å². The Morgan fingerprint density at radius 2 is 1.59 bits per heavy atom. The molecular formula is C19H16N2O6. The Morgan fingerprint density at radius 3 is 2.15 bits per heavy atom. The van der Waals surface area contributed by atoms with E-state index in [0.29, 0.717) is 23.1 Å². The Bertz CT molecular complexity index is 872. The summed E-state index contributed by atoms with van der Waals surface area (Å²) < 4.78 is 5.11. The van der Waals surface area contributed by atoms with E-state index in [1.165, 1.54) is 24.3 Å². The molecule has 1 aliphatic heterocycles. The Hall–Kier alpha value is -3.55. The molecule has 8 heteroatoms. The molecule has 138 valence electrons. The lowest BCUT2D eigenvalue weighted by atomic mass is 10.1. The molecule has 0 fully saturated rings. The molecule has 0 radical (unpaired) electrons. The lowest BCUT2D eigenvalue weighted by molar-refractivity contribution is -0.384. The number of rotatable bonds is 7. The lowest BCUT2D eigenvalue weighted by Gasteiger charge is -2.13. The Kier molecular flexibility index (Phi) is 5.25. The first-order chi connectivity index (χ1) is 13.0. The topological polar surface area (TPSA) is 107 Å². The molecule has 0 aliphatic carbocycles. The second-order valence-electron chi connectivity index (χ2n) is 6.00. The van der Waals surface area contributed by atoms with E-state index in [1.54, 1.807) is 24.3 Å². The highest BCUT2D eigenvalue weighted by molar-refractivity contribution is 6.21. The number of amides is 2. The van der Waals surface area contributed by atoms with Crippen LogP contribution in [0.5, 0.6) is 0 Å². The molecule has 0 saturated heterocycles. The minimum atomic E-state index is -0.505. The van der Waals surface area contributed by atoms with Gasteiger partial charge in [0.1, 0.15) is 6.61 Å². The molecule has 1 heterocycles. The number of fused-ring (bicyclic) bond motifs is 1. The lowest BCUT2D eigenvalue weighted by Crippen LogP contribution is -2.31. The van der Waals surface area contributed by atoms with Gasteiger partial charge in [0, 0.05) is 25.1 Å². The minimum Gasteiger partial charge on any atom is -0.461 e. The van der Waals surface area contributed by atoms with Crippen molar-refractivity contribution >= 4 is 23.5 Å². The number of hydrogen-bond donors (Lipinski definition) is 0. The number of carbonyl (C=O) groups is 3. The third-order valence-corrected chi connectivity index (χ3v) is 4.19. The van der Waals surface area contributed by atoms with Crippen molar-refractivity contribution in [3.63, 3.8) is 0 Å². The van der Waals surface area contributed by atoms with Crippen molar-refractivity contribution in [1.29, 1.82) is 0 Å². The van der Waals surface area contributed by atoms with Gasteiger partial charge in [-0.1, -0.05) is 12.1 Å². The fraction of sp³-hybridized carbons (Fsp3) is 0.211. The van der Waals surface area contributed by atoms with E-state index >= 15 is 0 Å². The van der Waals surface area contributed by atoms with Crippen molar-refractivity contribution < 1.29 is 24.0 Å². The van der Waals surface area contributed by atoms with Crippen LogP contribution in [0.15, 0.2) is 48.5 Å². The maximum Gasteiger partial charge on any atom is 0.306 e. The Morgan fingerprint density at radius 1 is 1.00 bits per heavy atom. The number of ether oxygens (including phenoxy) is 1. The number of carbonyl (C=O) groups excluding carboxylic acids is 3. The number of hydrogen-bond acceptors (Lipinski definition) is 6. The molecule has 2 aromatic rings. The van der Waals surface area contributed by atoms with Gasteiger partial charge in [-0.3, -0.25) is 29.4 Å². The van der Waals surface area contributed by atoms with Gasteiger partial charge >= 0.3 is 5.97 Å². The van der Waals surface area contributed by atoms with Crippen LogP contribution in [0, 0.1) is 10.1 Å². The van der Waals surface area contributed by atoms with Crippen LogP contribution in [-0.2, 0) is 16.1 Å². The molecule has 0 bridgehead atoms. The average molecular weight is 368 g/mol. The van der Waals surface area contributed by atoms with Crippen LogP contribution in [0.2, 0.25) is 0 Å². The second-order valence-corrected chi connectivity index (χ2v) is 6.00. The van der Waals surface area contributed by atoms with Crippen molar-refractivity contribution in [2.45, 2.75) is 19.4 Å². The molecule has 1 aliphatic rings. The van der Waals surface area contributed by atoms with Gasteiger partial charge in [-0.15, -0.1) is 0 Å². The first-order valence-corrected chi connectivity index (χ1v) is 8.31. The van der Waals surface area contributed by atoms with E-state index < -0.39 is 10.9 Å². The fourth-order valence-electron chi connectivity index (χ4n) is 2.77. The highest BCUT2D eigenvalue weighted by Gasteiger charge is 2.34. The predicted molar refractivity (Wildman–Crippen MR) is 93.9 cm³/mol. The van der Waals surface area contributed by atoms with Crippen LogP contribution in [0.1, 0.15) is 39.1 Å². The van der Waals surface area contributed by atoms with E-state index in [9.17, 15) is 24.5 Å². The smallest absolute Gasteiger partial charge is 0.306 e. The van der Waals surface area contributed by atoms with Gasteiger partial charge in [0.2, 0.25) is 0 Å². The number of esters is 1. The highest BCUT2D eigenvalue weighted by atomic mass is 16.6. The zero-order valence-electron chi connectivity index (χ0n) is 14.3. The summed E-state index contributed by atoms with van der Waals surface area (Å²) in [7, 11) is 0. The van der Waals surface area contributed by atoms with Crippen LogP contribution in [0.3, 0.4) is 0 Å².